The molecule has 2 rings (SSSR count). The summed E-state index contributed by atoms with van der Waals surface area (Å²) in [6.45, 7) is 5.28. The summed E-state index contributed by atoms with van der Waals surface area (Å²) >= 11 is 8.83. The van der Waals surface area contributed by atoms with Crippen molar-refractivity contribution in [2.45, 2.75) is 32.9 Å². The third kappa shape index (κ3) is 3.90. The van der Waals surface area contributed by atoms with E-state index in [0.717, 1.165) is 27.0 Å². The highest BCUT2D eigenvalue weighted by Crippen LogP contribution is 2.36. The molecule has 1 N–H and O–H groups in total. The van der Waals surface area contributed by atoms with Gasteiger partial charge in [-0.15, -0.1) is 11.3 Å². The number of nitrogens with zero attached hydrogens (tertiary/aromatic N) is 3. The molecule has 0 radical (unpaired) electrons. The normalized spacial score (nSPS) is 13.1. The van der Waals surface area contributed by atoms with Gasteiger partial charge in [-0.1, -0.05) is 13.8 Å². The Morgan fingerprint density at radius 3 is 2.70 bits per heavy atom. The Morgan fingerprint density at radius 1 is 1.40 bits per heavy atom. The first-order valence-electron chi connectivity index (χ1n) is 6.50. The number of aromatic nitrogens is 3. The molecule has 0 aromatic carbocycles. The fourth-order valence-electron chi connectivity index (χ4n) is 2.01. The van der Waals surface area contributed by atoms with Crippen LogP contribution in [-0.4, -0.2) is 21.8 Å². The van der Waals surface area contributed by atoms with Gasteiger partial charge in [0.1, 0.15) is 12.2 Å². The Hall–Kier alpha value is -0.240. The maximum absolute atomic E-state index is 4.40. The van der Waals surface area contributed by atoms with Crippen LogP contribution in [0, 0.1) is 5.92 Å². The molecule has 0 amide bonds. The van der Waals surface area contributed by atoms with Gasteiger partial charge in [0.15, 0.2) is 0 Å². The van der Waals surface area contributed by atoms with Crippen LogP contribution in [0.5, 0.6) is 0 Å². The van der Waals surface area contributed by atoms with E-state index < -0.39 is 0 Å². The highest BCUT2D eigenvalue weighted by Gasteiger charge is 2.18. The number of hydrogen-bond acceptors (Lipinski definition) is 4. The number of thiophene rings is 1. The summed E-state index contributed by atoms with van der Waals surface area (Å²) in [5, 5.41) is 7.69. The predicted molar refractivity (Wildman–Crippen MR) is 90.1 cm³/mol. The van der Waals surface area contributed by atoms with Crippen LogP contribution in [-0.2, 0) is 13.0 Å². The number of rotatable bonds is 6. The molecule has 0 fully saturated rings. The highest BCUT2D eigenvalue weighted by molar-refractivity contribution is 9.13. The first kappa shape index (κ1) is 16.1. The summed E-state index contributed by atoms with van der Waals surface area (Å²) in [5.41, 5.74) is 0. The van der Waals surface area contributed by atoms with E-state index in [-0.39, 0.29) is 6.04 Å². The zero-order chi connectivity index (χ0) is 14.7. The zero-order valence-corrected chi connectivity index (χ0v) is 15.7. The zero-order valence-electron chi connectivity index (χ0n) is 11.7. The van der Waals surface area contributed by atoms with Gasteiger partial charge >= 0.3 is 0 Å². The molecule has 4 nitrogen and oxygen atoms in total. The Balaban J connectivity index is 2.16. The van der Waals surface area contributed by atoms with E-state index in [4.69, 9.17) is 0 Å². The summed E-state index contributed by atoms with van der Waals surface area (Å²) in [4.78, 5) is 5.69. The van der Waals surface area contributed by atoms with Gasteiger partial charge in [-0.05, 0) is 50.9 Å². The van der Waals surface area contributed by atoms with E-state index in [1.54, 1.807) is 17.7 Å². The third-order valence-corrected chi connectivity index (χ3v) is 6.35. The van der Waals surface area contributed by atoms with Crippen molar-refractivity contribution >= 4 is 43.2 Å². The molecule has 2 heterocycles. The van der Waals surface area contributed by atoms with Crippen LogP contribution in [0.2, 0.25) is 0 Å². The molecule has 2 aromatic heterocycles. The smallest absolute Gasteiger partial charge is 0.138 e. The van der Waals surface area contributed by atoms with Crippen LogP contribution in [0.3, 0.4) is 0 Å². The molecule has 20 heavy (non-hydrogen) atoms. The minimum absolute atomic E-state index is 0.248. The molecule has 7 heteroatoms. The average Bonchev–Trinajstić information content (AvgIpc) is 2.94. The molecule has 0 saturated carbocycles. The van der Waals surface area contributed by atoms with Crippen molar-refractivity contribution in [2.24, 2.45) is 5.92 Å². The van der Waals surface area contributed by atoms with Crippen molar-refractivity contribution in [2.75, 3.05) is 7.05 Å². The molecule has 1 unspecified atom stereocenters. The highest BCUT2D eigenvalue weighted by atomic mass is 79.9. The minimum atomic E-state index is 0.248. The van der Waals surface area contributed by atoms with E-state index in [1.165, 1.54) is 4.88 Å². The van der Waals surface area contributed by atoms with Gasteiger partial charge in [0, 0.05) is 28.4 Å². The SMILES string of the molecule is CNC(Cc1ncnn1CC(C)C)c1cc(Br)c(Br)s1. The summed E-state index contributed by atoms with van der Waals surface area (Å²) < 4.78 is 4.23. The summed E-state index contributed by atoms with van der Waals surface area (Å²) in [5.74, 6) is 1.59. The van der Waals surface area contributed by atoms with Gasteiger partial charge < -0.3 is 5.32 Å². The van der Waals surface area contributed by atoms with Crippen LogP contribution in [0.15, 0.2) is 20.7 Å². The molecule has 0 bridgehead atoms. The standard InChI is InChI=1S/C13H18Br2N4S/c1-8(2)6-19-12(17-7-18-19)5-10(16-3)11-4-9(14)13(15)20-11/h4,7-8,10,16H,5-6H2,1-3H3. The molecule has 0 saturated heterocycles. The van der Waals surface area contributed by atoms with Crippen molar-refractivity contribution in [3.63, 3.8) is 0 Å². The van der Waals surface area contributed by atoms with E-state index in [2.05, 4.69) is 67.2 Å². The lowest BCUT2D eigenvalue weighted by Crippen LogP contribution is -2.21. The van der Waals surface area contributed by atoms with E-state index in [1.807, 2.05) is 11.7 Å². The van der Waals surface area contributed by atoms with Gasteiger partial charge in [-0.3, -0.25) is 0 Å². The molecule has 110 valence electrons. The molecule has 0 aliphatic carbocycles. The maximum atomic E-state index is 4.40. The van der Waals surface area contributed by atoms with Crippen LogP contribution in [0.25, 0.3) is 0 Å². The lowest BCUT2D eigenvalue weighted by molar-refractivity contribution is 0.452. The van der Waals surface area contributed by atoms with Gasteiger partial charge in [-0.2, -0.15) is 5.10 Å². The van der Waals surface area contributed by atoms with Gasteiger partial charge in [0.25, 0.3) is 0 Å². The third-order valence-electron chi connectivity index (χ3n) is 2.98. The molecule has 0 spiro atoms. The quantitative estimate of drug-likeness (QED) is 0.765. The van der Waals surface area contributed by atoms with Crippen LogP contribution in [0.4, 0.5) is 0 Å². The lowest BCUT2D eigenvalue weighted by atomic mass is 10.1. The first-order valence-corrected chi connectivity index (χ1v) is 8.90. The minimum Gasteiger partial charge on any atom is -0.312 e. The summed E-state index contributed by atoms with van der Waals surface area (Å²) in [7, 11) is 1.98. The predicted octanol–water partition coefficient (Wildman–Crippen LogP) is 4.02. The molecule has 1 atom stereocenters. The Morgan fingerprint density at radius 2 is 2.15 bits per heavy atom. The number of halogens is 2. The van der Waals surface area contributed by atoms with Gasteiger partial charge in [0.05, 0.1) is 3.79 Å². The van der Waals surface area contributed by atoms with Gasteiger partial charge in [0.2, 0.25) is 0 Å². The van der Waals surface area contributed by atoms with Crippen molar-refractivity contribution in [1.82, 2.24) is 20.1 Å². The van der Waals surface area contributed by atoms with Gasteiger partial charge in [-0.25, -0.2) is 9.67 Å². The lowest BCUT2D eigenvalue weighted by Gasteiger charge is -2.15. The Labute approximate surface area is 140 Å². The second-order valence-electron chi connectivity index (χ2n) is 5.07. The second kappa shape index (κ2) is 7.15. The van der Waals surface area contributed by atoms with E-state index >= 15 is 0 Å². The molecular weight excluding hydrogens is 404 g/mol. The van der Waals surface area contributed by atoms with Crippen LogP contribution < -0.4 is 5.32 Å². The Bertz CT molecular complexity index is 545. The molecule has 2 aromatic rings. The number of hydrogen-bond donors (Lipinski definition) is 1. The van der Waals surface area contributed by atoms with Crippen molar-refractivity contribution in [3.8, 4) is 0 Å². The van der Waals surface area contributed by atoms with E-state index in [9.17, 15) is 0 Å². The summed E-state index contributed by atoms with van der Waals surface area (Å²) in [6.07, 6.45) is 2.48. The molecule has 0 aliphatic rings. The van der Waals surface area contributed by atoms with Crippen molar-refractivity contribution < 1.29 is 0 Å². The largest absolute Gasteiger partial charge is 0.312 e. The van der Waals surface area contributed by atoms with Crippen LogP contribution in [0.1, 0.15) is 30.6 Å². The second-order valence-corrected chi connectivity index (χ2v) is 8.32. The van der Waals surface area contributed by atoms with Crippen molar-refractivity contribution in [1.29, 1.82) is 0 Å². The Kier molecular flexibility index (Phi) is 5.77. The van der Waals surface area contributed by atoms with Crippen LogP contribution >= 0.6 is 43.2 Å². The first-order chi connectivity index (χ1) is 9.51. The maximum Gasteiger partial charge on any atom is 0.138 e. The van der Waals surface area contributed by atoms with Crippen molar-refractivity contribution in [3.05, 3.63) is 31.4 Å². The molecular formula is C13H18Br2N4S. The number of nitrogens with one attached hydrogen (secondary N) is 1. The fraction of sp³-hybridized carbons (Fsp3) is 0.538. The summed E-state index contributed by atoms with van der Waals surface area (Å²) in [6, 6.07) is 2.40. The van der Waals surface area contributed by atoms with E-state index in [0.29, 0.717) is 5.92 Å². The monoisotopic (exact) mass is 420 g/mol. The topological polar surface area (TPSA) is 42.7 Å². The molecule has 0 aliphatic heterocycles. The number of likely N-dealkylation sites (N-methyl/N-ethyl adjacent to an activating group) is 1. The fourth-order valence-corrected chi connectivity index (χ4v) is 4.21. The average molecular weight is 422 g/mol.